The Hall–Kier alpha value is -6.18. The third kappa shape index (κ3) is 8.83. The van der Waals surface area contributed by atoms with Crippen molar-refractivity contribution in [3.8, 4) is 34.1 Å². The van der Waals surface area contributed by atoms with E-state index in [9.17, 15) is 9.13 Å². The van der Waals surface area contributed by atoms with E-state index in [0.29, 0.717) is 12.3 Å². The summed E-state index contributed by atoms with van der Waals surface area (Å²) in [6.07, 6.45) is 8.43. The summed E-state index contributed by atoms with van der Waals surface area (Å²) in [5.74, 6) is 3.13. The largest absolute Gasteiger partial charge is 0.457 e. The van der Waals surface area contributed by atoms with Crippen molar-refractivity contribution in [2.45, 2.75) is 51.4 Å². The molecule has 0 heterocycles. The Morgan fingerprint density at radius 2 is 0.703 bits per heavy atom. The van der Waals surface area contributed by atoms with Crippen LogP contribution in [0.2, 0.25) is 0 Å². The highest BCUT2D eigenvalue weighted by atomic mass is 31.2. The van der Waals surface area contributed by atoms with Gasteiger partial charge in [0, 0.05) is 44.7 Å². The standard InChI is InChI=1S/C58H52O4P2/c59-63(51-17-5-1-6-18-51,52-19-7-2-8-20-52)37-13-15-43-25-35-57(61-49-33-31-45-27-29-47(45)41-49)55(39-43)56-40-44(26-36-58(56)62-50-34-32-46-28-30-48(46)42-50)16-14-38-64(60,53-21-9-3-10-22-53)54-23-11-4-12-24-54/h1-12,17-26,31-36,39-42H,13-16,27-30,37-38H2. The lowest BCUT2D eigenvalue weighted by molar-refractivity contribution is 0.475. The first-order valence-electron chi connectivity index (χ1n) is 22.7. The lowest BCUT2D eigenvalue weighted by Gasteiger charge is -2.22. The minimum atomic E-state index is -2.87. The maximum absolute atomic E-state index is 15.0. The van der Waals surface area contributed by atoms with Gasteiger partial charge in [-0.05, 0) is 133 Å². The van der Waals surface area contributed by atoms with E-state index in [4.69, 9.17) is 9.47 Å². The van der Waals surface area contributed by atoms with Crippen LogP contribution in [0.5, 0.6) is 23.0 Å². The van der Waals surface area contributed by atoms with Gasteiger partial charge in [-0.25, -0.2) is 0 Å². The van der Waals surface area contributed by atoms with Crippen molar-refractivity contribution >= 4 is 35.5 Å². The molecule has 64 heavy (non-hydrogen) atoms. The highest BCUT2D eigenvalue weighted by Gasteiger charge is 2.28. The molecule has 0 saturated heterocycles. The highest BCUT2D eigenvalue weighted by Crippen LogP contribution is 2.47. The molecule has 0 amide bonds. The minimum Gasteiger partial charge on any atom is -0.457 e. The molecule has 0 N–H and O–H groups in total. The van der Waals surface area contributed by atoms with E-state index in [1.807, 2.05) is 121 Å². The third-order valence-corrected chi connectivity index (χ3v) is 19.5. The smallest absolute Gasteiger partial charge is 0.143 e. The lowest BCUT2D eigenvalue weighted by Crippen LogP contribution is -2.18. The second-order valence-electron chi connectivity index (χ2n) is 17.2. The molecule has 0 aromatic heterocycles. The number of rotatable bonds is 17. The molecule has 318 valence electrons. The fourth-order valence-corrected chi connectivity index (χ4v) is 14.7. The molecule has 2 aliphatic carbocycles. The van der Waals surface area contributed by atoms with Crippen LogP contribution in [0, 0.1) is 0 Å². The summed E-state index contributed by atoms with van der Waals surface area (Å²) in [7, 11) is -5.75. The van der Waals surface area contributed by atoms with Crippen LogP contribution in [0.25, 0.3) is 11.1 Å². The molecule has 0 spiro atoms. The predicted molar refractivity (Wildman–Crippen MR) is 266 cm³/mol. The highest BCUT2D eigenvalue weighted by molar-refractivity contribution is 7.79. The molecule has 0 atom stereocenters. The average molecular weight is 875 g/mol. The normalized spacial score (nSPS) is 12.9. The molecule has 10 rings (SSSR count). The Morgan fingerprint density at radius 3 is 1.02 bits per heavy atom. The first-order valence-corrected chi connectivity index (χ1v) is 26.5. The Bertz CT molecular complexity index is 2710. The van der Waals surface area contributed by atoms with Gasteiger partial charge in [-0.15, -0.1) is 0 Å². The summed E-state index contributed by atoms with van der Waals surface area (Å²) >= 11 is 0. The van der Waals surface area contributed by atoms with E-state index >= 15 is 0 Å². The molecular weight excluding hydrogens is 823 g/mol. The summed E-state index contributed by atoms with van der Waals surface area (Å²) in [6.45, 7) is 0. The molecular formula is C58H52O4P2. The van der Waals surface area contributed by atoms with E-state index < -0.39 is 14.3 Å². The van der Waals surface area contributed by atoms with Crippen molar-refractivity contribution in [3.63, 3.8) is 0 Å². The average Bonchev–Trinajstić information content (AvgIpc) is 3.32. The summed E-state index contributed by atoms with van der Waals surface area (Å²) in [4.78, 5) is 0. The van der Waals surface area contributed by atoms with E-state index in [1.165, 1.54) is 22.3 Å². The van der Waals surface area contributed by atoms with Crippen LogP contribution >= 0.6 is 14.3 Å². The molecule has 0 aliphatic heterocycles. The van der Waals surface area contributed by atoms with Gasteiger partial charge in [-0.1, -0.05) is 146 Å². The molecule has 2 aliphatic rings. The first kappa shape index (κ1) is 41.8. The molecule has 0 fully saturated rings. The van der Waals surface area contributed by atoms with Crippen molar-refractivity contribution in [1.82, 2.24) is 0 Å². The maximum Gasteiger partial charge on any atom is 0.143 e. The molecule has 8 aromatic rings. The van der Waals surface area contributed by atoms with Gasteiger partial charge in [0.25, 0.3) is 0 Å². The van der Waals surface area contributed by atoms with Crippen LogP contribution in [0.15, 0.2) is 194 Å². The van der Waals surface area contributed by atoms with Crippen LogP contribution in [0.3, 0.4) is 0 Å². The van der Waals surface area contributed by atoms with Crippen LogP contribution in [-0.2, 0) is 47.7 Å². The number of hydrogen-bond donors (Lipinski definition) is 0. The topological polar surface area (TPSA) is 52.6 Å². The van der Waals surface area contributed by atoms with Gasteiger partial charge in [0.05, 0.1) is 0 Å². The summed E-state index contributed by atoms with van der Waals surface area (Å²) in [5, 5.41) is 3.56. The zero-order chi connectivity index (χ0) is 43.4. The second kappa shape index (κ2) is 18.5. The molecule has 8 aromatic carbocycles. The second-order valence-corrected chi connectivity index (χ2v) is 23.1. The SMILES string of the molecule is O=P(CCCc1ccc(Oc2ccc3c(c2)CC3)c(-c2cc(CCCP(=O)(c3ccccc3)c3ccccc3)ccc2Oc2ccc3c(c2)CC3)c1)(c1ccccc1)c1ccccc1. The molecule has 0 unspecified atom stereocenters. The van der Waals surface area contributed by atoms with Crippen LogP contribution < -0.4 is 30.7 Å². The van der Waals surface area contributed by atoms with Crippen LogP contribution in [0.4, 0.5) is 0 Å². The van der Waals surface area contributed by atoms with Crippen molar-refractivity contribution in [2.75, 3.05) is 12.3 Å². The monoisotopic (exact) mass is 874 g/mol. The number of ether oxygens (including phenoxy) is 2. The molecule has 6 heteroatoms. The summed E-state index contributed by atoms with van der Waals surface area (Å²) in [5.41, 5.74) is 9.60. The van der Waals surface area contributed by atoms with Crippen LogP contribution in [-0.4, -0.2) is 12.3 Å². The van der Waals surface area contributed by atoms with Gasteiger partial charge in [-0.3, -0.25) is 0 Å². The van der Waals surface area contributed by atoms with E-state index in [2.05, 4.69) is 72.8 Å². The Morgan fingerprint density at radius 1 is 0.359 bits per heavy atom. The van der Waals surface area contributed by atoms with E-state index in [1.54, 1.807) is 0 Å². The number of hydrogen-bond acceptors (Lipinski definition) is 4. The minimum absolute atomic E-state index is 0.557. The first-order chi connectivity index (χ1) is 31.4. The Balaban J connectivity index is 1.00. The Labute approximate surface area is 377 Å². The number of fused-ring (bicyclic) bond motifs is 2. The van der Waals surface area contributed by atoms with Gasteiger partial charge in [-0.2, -0.15) is 0 Å². The molecule has 0 bridgehead atoms. The Kier molecular flexibility index (Phi) is 12.1. The van der Waals surface area contributed by atoms with E-state index in [-0.39, 0.29) is 0 Å². The lowest BCUT2D eigenvalue weighted by atomic mass is 9.88. The fraction of sp³-hybridized carbons (Fsp3) is 0.172. The van der Waals surface area contributed by atoms with Gasteiger partial charge in [0.1, 0.15) is 37.3 Å². The van der Waals surface area contributed by atoms with Crippen molar-refractivity contribution < 1.29 is 18.6 Å². The summed E-state index contributed by atoms with van der Waals surface area (Å²) in [6, 6.07) is 65.7. The molecule has 0 radical (unpaired) electrons. The van der Waals surface area contributed by atoms with Crippen LogP contribution in [0.1, 0.15) is 46.2 Å². The maximum atomic E-state index is 15.0. The summed E-state index contributed by atoms with van der Waals surface area (Å²) < 4.78 is 43.6. The van der Waals surface area contributed by atoms with Gasteiger partial charge in [0.15, 0.2) is 0 Å². The zero-order valence-corrected chi connectivity index (χ0v) is 37.9. The van der Waals surface area contributed by atoms with E-state index in [0.717, 1.165) is 118 Å². The number of benzene rings is 8. The third-order valence-electron chi connectivity index (χ3n) is 13.1. The van der Waals surface area contributed by atoms with Crippen molar-refractivity contribution in [2.24, 2.45) is 0 Å². The van der Waals surface area contributed by atoms with Crippen molar-refractivity contribution in [3.05, 3.63) is 228 Å². The van der Waals surface area contributed by atoms with Gasteiger partial charge < -0.3 is 18.6 Å². The quantitative estimate of drug-likeness (QED) is 0.0855. The zero-order valence-electron chi connectivity index (χ0n) is 36.1. The predicted octanol–water partition coefficient (Wildman–Crippen LogP) is 13.0. The van der Waals surface area contributed by atoms with Gasteiger partial charge >= 0.3 is 0 Å². The number of aryl methyl sites for hydroxylation is 6. The van der Waals surface area contributed by atoms with Gasteiger partial charge in [0.2, 0.25) is 0 Å². The fourth-order valence-electron chi connectivity index (χ4n) is 9.29. The molecule has 4 nitrogen and oxygen atoms in total. The molecule has 0 saturated carbocycles. The van der Waals surface area contributed by atoms with Crippen molar-refractivity contribution in [1.29, 1.82) is 0 Å².